The summed E-state index contributed by atoms with van der Waals surface area (Å²) in [6.45, 7) is 0.764. The summed E-state index contributed by atoms with van der Waals surface area (Å²) < 4.78 is 2.20. The summed E-state index contributed by atoms with van der Waals surface area (Å²) in [5, 5.41) is 5.57. The third kappa shape index (κ3) is 3.00. The van der Waals surface area contributed by atoms with Gasteiger partial charge in [-0.25, -0.2) is 0 Å². The van der Waals surface area contributed by atoms with Crippen molar-refractivity contribution in [3.05, 3.63) is 89.8 Å². The smallest absolute Gasteiger partial charge is 0.291 e. The van der Waals surface area contributed by atoms with Crippen LogP contribution in [0.4, 0.5) is 4.79 Å². The highest BCUT2D eigenvalue weighted by molar-refractivity contribution is 8.27. The maximum atomic E-state index is 11.9. The normalized spacial score (nSPS) is 15.6. The van der Waals surface area contributed by atoms with Crippen molar-refractivity contribution in [3.8, 4) is 0 Å². The molecule has 28 heavy (non-hydrogen) atoms. The Kier molecular flexibility index (Phi) is 4.02. The zero-order valence-electron chi connectivity index (χ0n) is 14.9. The molecule has 0 saturated carbocycles. The van der Waals surface area contributed by atoms with E-state index >= 15 is 0 Å². The molecule has 1 fully saturated rings. The Hall–Kier alpha value is -3.31. The third-order valence-corrected chi connectivity index (χ3v) is 5.65. The average molecular weight is 384 g/mol. The second-order valence-electron chi connectivity index (χ2n) is 6.77. The maximum absolute atomic E-state index is 11.9. The van der Waals surface area contributed by atoms with Crippen LogP contribution in [0.5, 0.6) is 0 Å². The van der Waals surface area contributed by atoms with E-state index in [1.54, 1.807) is 6.08 Å². The fourth-order valence-corrected chi connectivity index (χ4v) is 4.17. The molecule has 0 radical (unpaired) electrons. The van der Waals surface area contributed by atoms with Crippen LogP contribution in [0, 0.1) is 0 Å². The Balaban J connectivity index is 1.52. The number of nitrogens with zero attached hydrogens (tertiary/aromatic N) is 1. The van der Waals surface area contributed by atoms with Crippen molar-refractivity contribution >= 4 is 49.9 Å². The molecule has 4 nitrogen and oxygen atoms in total. The van der Waals surface area contributed by atoms with Crippen molar-refractivity contribution in [2.75, 3.05) is 0 Å². The number of aromatic nitrogens is 1. The Morgan fingerprint density at radius 1 is 0.929 bits per heavy atom. The van der Waals surface area contributed by atoms with E-state index in [-0.39, 0.29) is 10.4 Å². The largest absolute Gasteiger partial charge is 0.343 e. The number of hydrogen-bond donors (Lipinski definition) is 1. The lowest BCUT2D eigenvalue weighted by atomic mass is 10.1. The predicted octanol–water partition coefficient (Wildman–Crippen LogP) is 5.17. The molecule has 4 aromatic rings. The number of rotatable bonds is 3. The van der Waals surface area contributed by atoms with E-state index in [4.69, 9.17) is 0 Å². The van der Waals surface area contributed by atoms with Crippen LogP contribution < -0.4 is 5.32 Å². The fraction of sp³-hybridized carbons (Fsp3) is 0.0435. The molecule has 0 bridgehead atoms. The third-order valence-electron chi connectivity index (χ3n) is 4.96. The summed E-state index contributed by atoms with van der Waals surface area (Å²) in [4.78, 5) is 23.3. The van der Waals surface area contributed by atoms with Gasteiger partial charge in [-0.1, -0.05) is 48.5 Å². The molecule has 1 aliphatic heterocycles. The second kappa shape index (κ2) is 6.69. The number of hydrogen-bond acceptors (Lipinski definition) is 3. The molecule has 1 aromatic heterocycles. The van der Waals surface area contributed by atoms with Gasteiger partial charge in [0.1, 0.15) is 0 Å². The van der Waals surface area contributed by atoms with Crippen molar-refractivity contribution in [1.82, 2.24) is 9.88 Å². The molecule has 3 aromatic carbocycles. The summed E-state index contributed by atoms with van der Waals surface area (Å²) in [5.74, 6) is 0. The zero-order valence-corrected chi connectivity index (χ0v) is 15.7. The molecule has 1 N–H and O–H groups in total. The van der Waals surface area contributed by atoms with Gasteiger partial charge in [0.05, 0.1) is 5.70 Å². The summed E-state index contributed by atoms with van der Waals surface area (Å²) in [5.41, 5.74) is 3.58. The summed E-state index contributed by atoms with van der Waals surface area (Å²) >= 11 is 0.699. The molecule has 1 aliphatic rings. The Morgan fingerprint density at radius 3 is 2.61 bits per heavy atom. The minimum absolute atomic E-state index is 0.238. The van der Waals surface area contributed by atoms with E-state index < -0.39 is 0 Å². The number of carbonyl (C=O) groups is 2. The predicted molar refractivity (Wildman–Crippen MR) is 114 cm³/mol. The van der Waals surface area contributed by atoms with Gasteiger partial charge in [-0.2, -0.15) is 0 Å². The lowest BCUT2D eigenvalue weighted by molar-refractivity contribution is -0.107. The van der Waals surface area contributed by atoms with Gasteiger partial charge in [0.25, 0.3) is 5.24 Å². The number of benzene rings is 3. The molecular formula is C23H16N2O2S. The highest BCUT2D eigenvalue weighted by atomic mass is 32.2. The quantitative estimate of drug-likeness (QED) is 0.496. The van der Waals surface area contributed by atoms with Crippen LogP contribution in [0.15, 0.2) is 78.6 Å². The molecule has 1 saturated heterocycles. The summed E-state index contributed by atoms with van der Waals surface area (Å²) in [6, 6.07) is 22.9. The first-order valence-corrected chi connectivity index (χ1v) is 9.79. The van der Waals surface area contributed by atoms with E-state index in [0.717, 1.165) is 23.0 Å². The van der Waals surface area contributed by atoms with E-state index in [1.807, 2.05) is 18.2 Å². The van der Waals surface area contributed by atoms with Gasteiger partial charge >= 0.3 is 0 Å². The number of amides is 1. The van der Waals surface area contributed by atoms with E-state index in [2.05, 4.69) is 64.6 Å². The first-order valence-electron chi connectivity index (χ1n) is 8.98. The minimum Gasteiger partial charge on any atom is -0.343 e. The SMILES string of the molecule is O=C1NC(=Cc2cccc3c2ccn3Cc2ccc3ccccc3c2)C(=O)S1. The summed E-state index contributed by atoms with van der Waals surface area (Å²) in [7, 11) is 0. The lowest BCUT2D eigenvalue weighted by Gasteiger charge is -2.08. The van der Waals surface area contributed by atoms with Gasteiger partial charge in [-0.3, -0.25) is 9.59 Å². The first-order chi connectivity index (χ1) is 13.7. The van der Waals surface area contributed by atoms with E-state index in [9.17, 15) is 9.59 Å². The molecule has 136 valence electrons. The monoisotopic (exact) mass is 384 g/mol. The Morgan fingerprint density at radius 2 is 1.79 bits per heavy atom. The minimum atomic E-state index is -0.322. The number of fused-ring (bicyclic) bond motifs is 2. The van der Waals surface area contributed by atoms with Crippen molar-refractivity contribution < 1.29 is 9.59 Å². The Labute approximate surface area is 165 Å². The highest BCUT2D eigenvalue weighted by Crippen LogP contribution is 2.26. The number of nitrogens with one attached hydrogen (secondary N) is 1. The summed E-state index contributed by atoms with van der Waals surface area (Å²) in [6.07, 6.45) is 3.81. The van der Waals surface area contributed by atoms with Crippen LogP contribution in [0.1, 0.15) is 11.1 Å². The van der Waals surface area contributed by atoms with Crippen molar-refractivity contribution in [2.24, 2.45) is 0 Å². The van der Waals surface area contributed by atoms with Gasteiger partial charge in [-0.05, 0) is 46.2 Å². The van der Waals surface area contributed by atoms with Crippen molar-refractivity contribution in [1.29, 1.82) is 0 Å². The van der Waals surface area contributed by atoms with Crippen LogP contribution in [0.25, 0.3) is 27.8 Å². The standard InChI is InChI=1S/C23H16N2O2S/c26-22-20(24-23(27)28-22)13-18-6-3-7-21-19(18)10-11-25(21)14-15-8-9-16-4-1-2-5-17(16)12-15/h1-13H,14H2,(H,24,27). The molecule has 5 heteroatoms. The molecule has 2 heterocycles. The van der Waals surface area contributed by atoms with Crippen LogP contribution in [0.2, 0.25) is 0 Å². The molecule has 1 amide bonds. The molecule has 5 rings (SSSR count). The van der Waals surface area contributed by atoms with Gasteiger partial charge in [0.2, 0.25) is 5.12 Å². The van der Waals surface area contributed by atoms with Gasteiger partial charge < -0.3 is 9.88 Å². The second-order valence-corrected chi connectivity index (χ2v) is 7.71. The lowest BCUT2D eigenvalue weighted by Crippen LogP contribution is -2.10. The van der Waals surface area contributed by atoms with Gasteiger partial charge in [0.15, 0.2) is 0 Å². The molecule has 0 unspecified atom stereocenters. The van der Waals surface area contributed by atoms with Crippen LogP contribution in [0.3, 0.4) is 0 Å². The molecule has 0 aliphatic carbocycles. The molecule has 0 atom stereocenters. The fourth-order valence-electron chi connectivity index (χ4n) is 3.62. The van der Waals surface area contributed by atoms with Gasteiger partial charge in [-0.15, -0.1) is 0 Å². The number of carbonyl (C=O) groups excluding carboxylic acids is 2. The van der Waals surface area contributed by atoms with Crippen molar-refractivity contribution in [2.45, 2.75) is 6.54 Å². The van der Waals surface area contributed by atoms with E-state index in [1.165, 1.54) is 16.3 Å². The first kappa shape index (κ1) is 16.8. The molecular weight excluding hydrogens is 368 g/mol. The van der Waals surface area contributed by atoms with Crippen LogP contribution in [-0.4, -0.2) is 14.9 Å². The highest BCUT2D eigenvalue weighted by Gasteiger charge is 2.25. The topological polar surface area (TPSA) is 51.1 Å². The average Bonchev–Trinajstić information content (AvgIpc) is 3.25. The van der Waals surface area contributed by atoms with Crippen molar-refractivity contribution in [3.63, 3.8) is 0 Å². The van der Waals surface area contributed by atoms with E-state index in [0.29, 0.717) is 17.5 Å². The number of thioether (sulfide) groups is 1. The Bertz CT molecular complexity index is 1290. The van der Waals surface area contributed by atoms with Crippen LogP contribution >= 0.6 is 11.8 Å². The van der Waals surface area contributed by atoms with Crippen LogP contribution in [-0.2, 0) is 11.3 Å². The van der Waals surface area contributed by atoms with Gasteiger partial charge in [0, 0.05) is 35.4 Å². The zero-order chi connectivity index (χ0) is 19.1. The maximum Gasteiger partial charge on any atom is 0.291 e. The molecule has 0 spiro atoms.